The summed E-state index contributed by atoms with van der Waals surface area (Å²) >= 11 is 5.74. The van der Waals surface area contributed by atoms with Gasteiger partial charge in [0, 0.05) is 30.9 Å². The molecule has 0 saturated carbocycles. The van der Waals surface area contributed by atoms with E-state index >= 15 is 0 Å². The topological polar surface area (TPSA) is 53.4 Å². The van der Waals surface area contributed by atoms with Crippen molar-refractivity contribution in [1.82, 2.24) is 4.98 Å². The first kappa shape index (κ1) is 15.7. The molecule has 120 valence electrons. The lowest BCUT2D eigenvalue weighted by Gasteiger charge is -2.35. The first-order chi connectivity index (χ1) is 11.0. The zero-order valence-corrected chi connectivity index (χ0v) is 13.3. The minimum Gasteiger partial charge on any atom is -0.477 e. The Labute approximate surface area is 138 Å². The average molecular weight is 335 g/mol. The van der Waals surface area contributed by atoms with Gasteiger partial charge >= 0.3 is 5.97 Å². The molecule has 1 aliphatic heterocycles. The van der Waals surface area contributed by atoms with Crippen LogP contribution in [0.3, 0.4) is 0 Å². The number of aromatic carboxylic acids is 1. The molecule has 0 amide bonds. The van der Waals surface area contributed by atoms with Crippen LogP contribution in [-0.4, -0.2) is 22.6 Å². The van der Waals surface area contributed by atoms with Crippen LogP contribution >= 0.6 is 11.6 Å². The maximum atomic E-state index is 13.7. The number of hydrogen-bond donors (Lipinski definition) is 1. The standard InChI is InChI=1S/C17H16ClFN2O2/c1-2-10-8-21(12-3-4-14(18)15(19)5-12)9-11-7-20-16(17(22)23)6-13(10)11/h3-7,10H,2,8-9H2,1H3,(H,22,23). The SMILES string of the molecule is CCC1CN(c2ccc(Cl)c(F)c2)Cc2cnc(C(=O)O)cc21. The highest BCUT2D eigenvalue weighted by atomic mass is 35.5. The highest BCUT2D eigenvalue weighted by Crippen LogP contribution is 2.34. The number of fused-ring (bicyclic) bond motifs is 1. The number of benzene rings is 1. The fourth-order valence-corrected chi connectivity index (χ4v) is 3.11. The van der Waals surface area contributed by atoms with E-state index in [4.69, 9.17) is 16.7 Å². The van der Waals surface area contributed by atoms with Gasteiger partial charge in [0.25, 0.3) is 0 Å². The molecule has 23 heavy (non-hydrogen) atoms. The number of nitrogens with zero attached hydrogens (tertiary/aromatic N) is 2. The molecule has 1 atom stereocenters. The highest BCUT2D eigenvalue weighted by molar-refractivity contribution is 6.30. The van der Waals surface area contributed by atoms with Gasteiger partial charge in [0.1, 0.15) is 11.5 Å². The summed E-state index contributed by atoms with van der Waals surface area (Å²) in [6.07, 6.45) is 2.47. The summed E-state index contributed by atoms with van der Waals surface area (Å²) < 4.78 is 13.7. The average Bonchev–Trinajstić information content (AvgIpc) is 2.55. The summed E-state index contributed by atoms with van der Waals surface area (Å²) in [6.45, 7) is 3.33. The molecule has 4 nitrogen and oxygen atoms in total. The fraction of sp³-hybridized carbons (Fsp3) is 0.294. The maximum absolute atomic E-state index is 13.7. The molecule has 2 aromatic rings. The molecular weight excluding hydrogens is 319 g/mol. The van der Waals surface area contributed by atoms with Crippen molar-refractivity contribution in [2.75, 3.05) is 11.4 Å². The number of anilines is 1. The van der Waals surface area contributed by atoms with Crippen molar-refractivity contribution in [3.8, 4) is 0 Å². The van der Waals surface area contributed by atoms with Crippen LogP contribution in [0.15, 0.2) is 30.5 Å². The van der Waals surface area contributed by atoms with Gasteiger partial charge in [-0.15, -0.1) is 0 Å². The molecule has 0 saturated heterocycles. The van der Waals surface area contributed by atoms with Gasteiger partial charge < -0.3 is 10.0 Å². The Bertz CT molecular complexity index is 766. The van der Waals surface area contributed by atoms with Crippen molar-refractivity contribution < 1.29 is 14.3 Å². The number of hydrogen-bond acceptors (Lipinski definition) is 3. The Balaban J connectivity index is 1.97. The van der Waals surface area contributed by atoms with Crippen molar-refractivity contribution in [2.45, 2.75) is 25.8 Å². The number of carbonyl (C=O) groups is 1. The van der Waals surface area contributed by atoms with Gasteiger partial charge in [-0.1, -0.05) is 18.5 Å². The van der Waals surface area contributed by atoms with E-state index in [1.54, 1.807) is 24.4 Å². The molecule has 2 heterocycles. The summed E-state index contributed by atoms with van der Waals surface area (Å²) in [5.41, 5.74) is 2.82. The van der Waals surface area contributed by atoms with E-state index in [-0.39, 0.29) is 16.6 Å². The van der Waals surface area contributed by atoms with Crippen molar-refractivity contribution in [2.24, 2.45) is 0 Å². The predicted octanol–water partition coefficient (Wildman–Crippen LogP) is 4.09. The second kappa shape index (κ2) is 6.16. The number of halogens is 2. The normalized spacial score (nSPS) is 17.0. The van der Waals surface area contributed by atoms with Gasteiger partial charge in [-0.05, 0) is 41.8 Å². The van der Waals surface area contributed by atoms with Crippen molar-refractivity contribution in [3.05, 3.63) is 58.1 Å². The zero-order valence-electron chi connectivity index (χ0n) is 12.6. The summed E-state index contributed by atoms with van der Waals surface area (Å²) in [5.74, 6) is -1.29. The van der Waals surface area contributed by atoms with Crippen LogP contribution in [-0.2, 0) is 6.54 Å². The van der Waals surface area contributed by atoms with E-state index in [0.29, 0.717) is 13.1 Å². The van der Waals surface area contributed by atoms with Crippen molar-refractivity contribution in [3.63, 3.8) is 0 Å². The Morgan fingerprint density at radius 2 is 2.26 bits per heavy atom. The molecular formula is C17H16ClFN2O2. The Kier molecular flexibility index (Phi) is 4.22. The number of carboxylic acids is 1. The molecule has 1 unspecified atom stereocenters. The van der Waals surface area contributed by atoms with Crippen molar-refractivity contribution in [1.29, 1.82) is 0 Å². The zero-order chi connectivity index (χ0) is 16.6. The van der Waals surface area contributed by atoms with Crippen molar-refractivity contribution >= 4 is 23.3 Å². The summed E-state index contributed by atoms with van der Waals surface area (Å²) in [5, 5.41) is 9.21. The second-order valence-electron chi connectivity index (χ2n) is 5.66. The number of carboxylic acid groups (broad SMARTS) is 1. The maximum Gasteiger partial charge on any atom is 0.354 e. The first-order valence-electron chi connectivity index (χ1n) is 7.41. The predicted molar refractivity (Wildman–Crippen MR) is 86.7 cm³/mol. The molecule has 3 rings (SSSR count). The minimum absolute atomic E-state index is 0.0631. The molecule has 1 N–H and O–H groups in total. The molecule has 0 aliphatic carbocycles. The molecule has 0 spiro atoms. The van der Waals surface area contributed by atoms with Crippen LogP contribution in [0.2, 0.25) is 5.02 Å². The van der Waals surface area contributed by atoms with E-state index in [9.17, 15) is 9.18 Å². The summed E-state index contributed by atoms with van der Waals surface area (Å²) in [6, 6.07) is 6.43. The minimum atomic E-state index is -1.02. The fourth-order valence-electron chi connectivity index (χ4n) is 2.99. The van der Waals surface area contributed by atoms with Crippen LogP contribution in [0.25, 0.3) is 0 Å². The van der Waals surface area contributed by atoms with E-state index < -0.39 is 11.8 Å². The number of rotatable bonds is 3. The molecule has 0 radical (unpaired) electrons. The van der Waals surface area contributed by atoms with E-state index in [1.165, 1.54) is 6.07 Å². The number of aromatic nitrogens is 1. The molecule has 6 heteroatoms. The van der Waals surface area contributed by atoms with Crippen LogP contribution in [0, 0.1) is 5.82 Å². The number of pyridine rings is 1. The van der Waals surface area contributed by atoms with Crippen LogP contribution < -0.4 is 4.90 Å². The van der Waals surface area contributed by atoms with E-state index in [0.717, 1.165) is 23.2 Å². The molecule has 0 bridgehead atoms. The largest absolute Gasteiger partial charge is 0.477 e. The third-order valence-electron chi connectivity index (χ3n) is 4.24. The van der Waals surface area contributed by atoms with Crippen LogP contribution in [0.5, 0.6) is 0 Å². The first-order valence-corrected chi connectivity index (χ1v) is 7.79. The second-order valence-corrected chi connectivity index (χ2v) is 6.06. The quantitative estimate of drug-likeness (QED) is 0.918. The van der Waals surface area contributed by atoms with Gasteiger partial charge in [0.05, 0.1) is 5.02 Å². The summed E-state index contributed by atoms with van der Waals surface area (Å²) in [7, 11) is 0. The molecule has 1 aromatic heterocycles. The van der Waals surface area contributed by atoms with Gasteiger partial charge in [-0.25, -0.2) is 14.2 Å². The Morgan fingerprint density at radius 3 is 2.91 bits per heavy atom. The van der Waals surface area contributed by atoms with E-state index in [2.05, 4.69) is 16.8 Å². The Hall–Kier alpha value is -2.14. The third kappa shape index (κ3) is 3.01. The third-order valence-corrected chi connectivity index (χ3v) is 4.55. The van der Waals surface area contributed by atoms with Crippen LogP contribution in [0.1, 0.15) is 40.9 Å². The van der Waals surface area contributed by atoms with Crippen LogP contribution in [0.4, 0.5) is 10.1 Å². The van der Waals surface area contributed by atoms with Gasteiger partial charge in [-0.2, -0.15) is 0 Å². The lowest BCUT2D eigenvalue weighted by molar-refractivity contribution is 0.0690. The monoisotopic (exact) mass is 334 g/mol. The van der Waals surface area contributed by atoms with E-state index in [1.807, 2.05) is 0 Å². The smallest absolute Gasteiger partial charge is 0.354 e. The molecule has 0 fully saturated rings. The lowest BCUT2D eigenvalue weighted by atomic mass is 9.88. The Morgan fingerprint density at radius 1 is 1.48 bits per heavy atom. The summed E-state index contributed by atoms with van der Waals surface area (Å²) in [4.78, 5) is 17.2. The molecule has 1 aliphatic rings. The van der Waals surface area contributed by atoms with Gasteiger partial charge in [0.15, 0.2) is 0 Å². The van der Waals surface area contributed by atoms with Gasteiger partial charge in [0.2, 0.25) is 0 Å². The molecule has 1 aromatic carbocycles. The highest BCUT2D eigenvalue weighted by Gasteiger charge is 2.26. The lowest BCUT2D eigenvalue weighted by Crippen LogP contribution is -2.34. The van der Waals surface area contributed by atoms with Gasteiger partial charge in [-0.3, -0.25) is 0 Å².